The van der Waals surface area contributed by atoms with Gasteiger partial charge in [-0.05, 0) is 37.0 Å². The van der Waals surface area contributed by atoms with Crippen molar-refractivity contribution in [2.24, 2.45) is 0 Å². The summed E-state index contributed by atoms with van der Waals surface area (Å²) in [6.07, 6.45) is 7.12. The molecule has 1 aliphatic rings. The zero-order valence-electron chi connectivity index (χ0n) is 17.3. The lowest BCUT2D eigenvalue weighted by Gasteiger charge is -2.17. The molecule has 0 unspecified atom stereocenters. The van der Waals surface area contributed by atoms with E-state index >= 15 is 0 Å². The maximum absolute atomic E-state index is 14.2. The molecular weight excluding hydrogens is 391 g/mol. The minimum absolute atomic E-state index is 0.298. The summed E-state index contributed by atoms with van der Waals surface area (Å²) in [5, 5.41) is 6.51. The van der Waals surface area contributed by atoms with Crippen LogP contribution in [0, 0.1) is 5.82 Å². The number of para-hydroxylation sites is 1. The number of imidazole rings is 1. The average molecular weight is 417 g/mol. The number of aromatic nitrogens is 4. The van der Waals surface area contributed by atoms with Crippen LogP contribution >= 0.6 is 0 Å². The molecule has 2 heterocycles. The van der Waals surface area contributed by atoms with Gasteiger partial charge in [-0.1, -0.05) is 55.3 Å². The highest BCUT2D eigenvalue weighted by Crippen LogP contribution is 2.36. The van der Waals surface area contributed by atoms with Gasteiger partial charge in [-0.25, -0.2) is 14.4 Å². The van der Waals surface area contributed by atoms with Gasteiger partial charge in [0.25, 0.3) is 0 Å². The van der Waals surface area contributed by atoms with Crippen molar-refractivity contribution in [1.29, 1.82) is 0 Å². The van der Waals surface area contributed by atoms with Crippen LogP contribution in [0.1, 0.15) is 37.3 Å². The van der Waals surface area contributed by atoms with Gasteiger partial charge >= 0.3 is 0 Å². The number of halogens is 1. The smallest absolute Gasteiger partial charge is 0.224 e. The Morgan fingerprint density at radius 1 is 0.968 bits per heavy atom. The van der Waals surface area contributed by atoms with E-state index in [0.717, 1.165) is 31.5 Å². The van der Waals surface area contributed by atoms with Crippen molar-refractivity contribution in [2.45, 2.75) is 38.1 Å². The Balaban J connectivity index is 1.43. The van der Waals surface area contributed by atoms with Crippen molar-refractivity contribution >= 4 is 28.7 Å². The molecular formula is C24H25FN6. The van der Waals surface area contributed by atoms with Gasteiger partial charge in [0, 0.05) is 12.6 Å². The summed E-state index contributed by atoms with van der Waals surface area (Å²) in [6, 6.07) is 17.3. The van der Waals surface area contributed by atoms with Crippen molar-refractivity contribution in [2.75, 3.05) is 17.2 Å². The van der Waals surface area contributed by atoms with Gasteiger partial charge < -0.3 is 10.6 Å². The minimum Gasteiger partial charge on any atom is -0.354 e. The molecule has 2 aromatic heterocycles. The summed E-state index contributed by atoms with van der Waals surface area (Å²) in [5.41, 5.74) is 3.16. The highest BCUT2D eigenvalue weighted by Gasteiger charge is 2.24. The number of nitrogens with zero attached hydrogens (tertiary/aromatic N) is 4. The second kappa shape index (κ2) is 8.71. The number of fused-ring (bicyclic) bond motifs is 1. The van der Waals surface area contributed by atoms with Gasteiger partial charge in [0.2, 0.25) is 11.9 Å². The van der Waals surface area contributed by atoms with Gasteiger partial charge in [0.15, 0.2) is 5.65 Å². The van der Waals surface area contributed by atoms with Crippen molar-refractivity contribution in [3.05, 3.63) is 72.2 Å². The molecule has 2 N–H and O–H groups in total. The number of nitrogens with one attached hydrogen (secondary N) is 2. The number of rotatable bonds is 7. The monoisotopic (exact) mass is 416 g/mol. The van der Waals surface area contributed by atoms with Gasteiger partial charge in [-0.15, -0.1) is 0 Å². The van der Waals surface area contributed by atoms with Crippen LogP contribution in [-0.2, 0) is 6.42 Å². The lowest BCUT2D eigenvalue weighted by molar-refractivity contribution is 0.535. The molecule has 0 aliphatic heterocycles. The first-order valence-electron chi connectivity index (χ1n) is 10.8. The Morgan fingerprint density at radius 3 is 2.55 bits per heavy atom. The van der Waals surface area contributed by atoms with Crippen molar-refractivity contribution < 1.29 is 4.39 Å². The fourth-order valence-corrected chi connectivity index (χ4v) is 4.22. The number of benzene rings is 2. The largest absolute Gasteiger partial charge is 0.354 e. The maximum Gasteiger partial charge on any atom is 0.224 e. The first kappa shape index (κ1) is 19.5. The predicted octanol–water partition coefficient (Wildman–Crippen LogP) is 5.48. The van der Waals surface area contributed by atoms with Crippen LogP contribution in [0.5, 0.6) is 0 Å². The Hall–Kier alpha value is -3.48. The quantitative estimate of drug-likeness (QED) is 0.418. The Kier molecular flexibility index (Phi) is 5.48. The predicted molar refractivity (Wildman–Crippen MR) is 121 cm³/mol. The Morgan fingerprint density at radius 2 is 1.74 bits per heavy atom. The fourth-order valence-electron chi connectivity index (χ4n) is 4.22. The molecule has 1 aliphatic carbocycles. The first-order valence-corrected chi connectivity index (χ1v) is 10.8. The molecule has 2 aromatic carbocycles. The lowest BCUT2D eigenvalue weighted by Crippen LogP contribution is -2.11. The Labute approximate surface area is 180 Å². The topological polar surface area (TPSA) is 67.7 Å². The summed E-state index contributed by atoms with van der Waals surface area (Å²) in [7, 11) is 0. The van der Waals surface area contributed by atoms with Crippen LogP contribution in [0.3, 0.4) is 0 Å². The lowest BCUT2D eigenvalue weighted by atomic mass is 10.1. The molecule has 7 heteroatoms. The van der Waals surface area contributed by atoms with E-state index in [9.17, 15) is 4.39 Å². The minimum atomic E-state index is -0.304. The van der Waals surface area contributed by atoms with E-state index in [-0.39, 0.29) is 5.82 Å². The third kappa shape index (κ3) is 4.21. The first-order chi connectivity index (χ1) is 15.3. The standard InChI is InChI=1S/C24H25FN6/c25-19-12-6-7-13-20(19)28-24-29-21-16-27-23(26-15-14-17-8-2-1-3-9-17)30-22(21)31(24)18-10-4-5-11-18/h1-3,6-9,12-13,16,18H,4-5,10-11,14-15H2,(H,28,29)(H,26,27,30). The SMILES string of the molecule is Fc1ccccc1Nc1nc2cnc(NCCc3ccccc3)nc2n1C1CCCC1. The number of hydrogen-bond donors (Lipinski definition) is 2. The van der Waals surface area contributed by atoms with E-state index in [1.54, 1.807) is 18.3 Å². The average Bonchev–Trinajstić information content (AvgIpc) is 3.43. The second-order valence-corrected chi connectivity index (χ2v) is 7.91. The van der Waals surface area contributed by atoms with E-state index in [4.69, 9.17) is 9.97 Å². The zero-order chi connectivity index (χ0) is 21.0. The van der Waals surface area contributed by atoms with Crippen LogP contribution < -0.4 is 10.6 Å². The van der Waals surface area contributed by atoms with Gasteiger partial charge in [-0.2, -0.15) is 4.98 Å². The molecule has 1 saturated carbocycles. The summed E-state index contributed by atoms with van der Waals surface area (Å²) in [4.78, 5) is 13.9. The molecule has 0 atom stereocenters. The third-order valence-corrected chi connectivity index (χ3v) is 5.78. The van der Waals surface area contributed by atoms with Crippen LogP contribution in [0.25, 0.3) is 11.2 Å². The summed E-state index contributed by atoms with van der Waals surface area (Å²) in [5.74, 6) is 0.893. The molecule has 0 amide bonds. The summed E-state index contributed by atoms with van der Waals surface area (Å²) in [6.45, 7) is 0.743. The van der Waals surface area contributed by atoms with Gasteiger partial charge in [0.1, 0.15) is 11.3 Å². The van der Waals surface area contributed by atoms with Crippen LogP contribution in [0.15, 0.2) is 60.8 Å². The Bertz CT molecular complexity index is 1170. The van der Waals surface area contributed by atoms with E-state index in [0.29, 0.717) is 29.1 Å². The van der Waals surface area contributed by atoms with Gasteiger partial charge in [-0.3, -0.25) is 4.57 Å². The van der Waals surface area contributed by atoms with E-state index in [1.165, 1.54) is 24.5 Å². The highest BCUT2D eigenvalue weighted by atomic mass is 19.1. The highest BCUT2D eigenvalue weighted by molar-refractivity contribution is 5.76. The van der Waals surface area contributed by atoms with Crippen LogP contribution in [0.4, 0.5) is 22.0 Å². The molecule has 4 aromatic rings. The van der Waals surface area contributed by atoms with Crippen LogP contribution in [0.2, 0.25) is 0 Å². The molecule has 6 nitrogen and oxygen atoms in total. The molecule has 1 fully saturated rings. The molecule has 31 heavy (non-hydrogen) atoms. The van der Waals surface area contributed by atoms with Crippen molar-refractivity contribution in [1.82, 2.24) is 19.5 Å². The van der Waals surface area contributed by atoms with Gasteiger partial charge in [0.05, 0.1) is 11.9 Å². The molecule has 0 spiro atoms. The zero-order valence-corrected chi connectivity index (χ0v) is 17.3. The van der Waals surface area contributed by atoms with E-state index in [1.807, 2.05) is 24.3 Å². The van der Waals surface area contributed by atoms with Crippen molar-refractivity contribution in [3.8, 4) is 0 Å². The normalized spacial score (nSPS) is 14.2. The molecule has 5 rings (SSSR count). The van der Waals surface area contributed by atoms with Crippen LogP contribution in [-0.4, -0.2) is 26.1 Å². The third-order valence-electron chi connectivity index (χ3n) is 5.78. The summed E-state index contributed by atoms with van der Waals surface area (Å²) >= 11 is 0. The second-order valence-electron chi connectivity index (χ2n) is 7.91. The molecule has 158 valence electrons. The van der Waals surface area contributed by atoms with Crippen molar-refractivity contribution in [3.63, 3.8) is 0 Å². The molecule has 0 saturated heterocycles. The van der Waals surface area contributed by atoms with E-state index in [2.05, 4.69) is 32.3 Å². The molecule has 0 bridgehead atoms. The maximum atomic E-state index is 14.2. The summed E-state index contributed by atoms with van der Waals surface area (Å²) < 4.78 is 16.4. The molecule has 0 radical (unpaired) electrons. The number of hydrogen-bond acceptors (Lipinski definition) is 5. The van der Waals surface area contributed by atoms with E-state index < -0.39 is 0 Å². The fraction of sp³-hybridized carbons (Fsp3) is 0.292. The number of anilines is 3.